The van der Waals surface area contributed by atoms with Gasteiger partial charge in [-0.1, -0.05) is 18.2 Å². The summed E-state index contributed by atoms with van der Waals surface area (Å²) >= 11 is 0. The normalized spacial score (nSPS) is 15.3. The summed E-state index contributed by atoms with van der Waals surface area (Å²) in [6.07, 6.45) is 4.87. The number of aromatic nitrogens is 4. The molecule has 0 radical (unpaired) electrons. The quantitative estimate of drug-likeness (QED) is 0.264. The SMILES string of the molecule is CN(CCn1c(=O)n(-c2ccc(Oc3ccccc3)cc2)c2c(N)ncnc21)C(=O)C(C#N)=CC1CCCN1. The number of nitrogens with one attached hydrogen (secondary N) is 1. The monoisotopic (exact) mass is 524 g/mol. The summed E-state index contributed by atoms with van der Waals surface area (Å²) in [5, 5.41) is 12.8. The van der Waals surface area contributed by atoms with Crippen LogP contribution in [0.15, 0.2) is 77.4 Å². The number of para-hydroxylation sites is 1. The molecule has 1 unspecified atom stereocenters. The smallest absolute Gasteiger partial charge is 0.335 e. The lowest BCUT2D eigenvalue weighted by Gasteiger charge is -2.17. The molecular formula is C28H28N8O3. The van der Waals surface area contributed by atoms with Crippen LogP contribution in [0.5, 0.6) is 11.5 Å². The minimum absolute atomic E-state index is 0.0155. The van der Waals surface area contributed by atoms with Gasteiger partial charge in [0.1, 0.15) is 35.0 Å². The third-order valence-corrected chi connectivity index (χ3v) is 6.63. The summed E-state index contributed by atoms with van der Waals surface area (Å²) in [6.45, 7) is 1.20. The first-order valence-corrected chi connectivity index (χ1v) is 12.6. The van der Waals surface area contributed by atoms with E-state index < -0.39 is 5.91 Å². The maximum Gasteiger partial charge on any atom is 0.335 e. The Hall–Kier alpha value is -4.95. The molecule has 2 aromatic carbocycles. The van der Waals surface area contributed by atoms with Crippen molar-refractivity contribution < 1.29 is 9.53 Å². The fourth-order valence-electron chi connectivity index (χ4n) is 4.60. The van der Waals surface area contributed by atoms with Gasteiger partial charge in [-0.3, -0.25) is 13.9 Å². The summed E-state index contributed by atoms with van der Waals surface area (Å²) in [4.78, 5) is 36.4. The Morgan fingerprint density at radius 2 is 1.95 bits per heavy atom. The van der Waals surface area contributed by atoms with Gasteiger partial charge in [-0.05, 0) is 61.9 Å². The molecule has 1 fully saturated rings. The van der Waals surface area contributed by atoms with Gasteiger partial charge in [-0.15, -0.1) is 0 Å². The van der Waals surface area contributed by atoms with Crippen molar-refractivity contribution in [1.29, 1.82) is 5.26 Å². The number of hydrogen-bond acceptors (Lipinski definition) is 8. The summed E-state index contributed by atoms with van der Waals surface area (Å²) in [5.74, 6) is 1.07. The van der Waals surface area contributed by atoms with Crippen LogP contribution in [0, 0.1) is 11.3 Å². The first kappa shape index (κ1) is 25.7. The molecule has 11 nitrogen and oxygen atoms in total. The van der Waals surface area contributed by atoms with Crippen LogP contribution in [0.4, 0.5) is 5.82 Å². The Morgan fingerprint density at radius 1 is 1.21 bits per heavy atom. The first-order valence-electron chi connectivity index (χ1n) is 12.6. The average molecular weight is 525 g/mol. The van der Waals surface area contributed by atoms with Crippen molar-refractivity contribution in [3.8, 4) is 23.3 Å². The van der Waals surface area contributed by atoms with E-state index in [4.69, 9.17) is 10.5 Å². The van der Waals surface area contributed by atoms with E-state index >= 15 is 0 Å². The van der Waals surface area contributed by atoms with Crippen molar-refractivity contribution in [1.82, 2.24) is 29.3 Å². The van der Waals surface area contributed by atoms with Crippen LogP contribution in [0.3, 0.4) is 0 Å². The Morgan fingerprint density at radius 3 is 2.64 bits per heavy atom. The number of anilines is 1. The molecule has 1 amide bonds. The number of likely N-dealkylation sites (N-methyl/N-ethyl adjacent to an activating group) is 1. The van der Waals surface area contributed by atoms with Crippen LogP contribution in [-0.2, 0) is 11.3 Å². The minimum Gasteiger partial charge on any atom is -0.457 e. The van der Waals surface area contributed by atoms with E-state index in [1.54, 1.807) is 37.4 Å². The van der Waals surface area contributed by atoms with E-state index in [1.165, 1.54) is 20.4 Å². The fraction of sp³-hybridized carbons (Fsp3) is 0.250. The second-order valence-electron chi connectivity index (χ2n) is 9.23. The maximum absolute atomic E-state index is 13.6. The highest BCUT2D eigenvalue weighted by molar-refractivity contribution is 5.97. The number of imidazole rings is 1. The summed E-state index contributed by atoms with van der Waals surface area (Å²) in [6, 6.07) is 18.5. The molecule has 1 saturated heterocycles. The molecule has 0 spiro atoms. The molecule has 3 N–H and O–H groups in total. The largest absolute Gasteiger partial charge is 0.457 e. The molecule has 0 aliphatic carbocycles. The number of carbonyl (C=O) groups is 1. The summed E-state index contributed by atoms with van der Waals surface area (Å²) in [5.41, 5.74) is 7.18. The van der Waals surface area contributed by atoms with E-state index in [9.17, 15) is 14.9 Å². The summed E-state index contributed by atoms with van der Waals surface area (Å²) in [7, 11) is 1.61. The number of nitrogens with two attached hydrogens (primary N) is 1. The number of ether oxygens (including phenoxy) is 1. The van der Waals surface area contributed by atoms with Crippen LogP contribution >= 0.6 is 0 Å². The van der Waals surface area contributed by atoms with Crippen LogP contribution in [0.2, 0.25) is 0 Å². The standard InChI is InChI=1S/C28H28N8O3/c1-34(27(37)19(17-29)16-20-6-5-13-31-20)14-15-35-26-24(25(30)32-18-33-26)36(28(35)38)21-9-11-23(12-10-21)39-22-7-3-2-4-8-22/h2-4,7-12,16,18,20,31H,5-6,13-15H2,1H3,(H2,30,32,33). The third-order valence-electron chi connectivity index (χ3n) is 6.63. The lowest BCUT2D eigenvalue weighted by Crippen LogP contribution is -2.34. The van der Waals surface area contributed by atoms with E-state index in [0.717, 1.165) is 19.4 Å². The number of benzene rings is 2. The number of hydrogen-bond donors (Lipinski definition) is 2. The highest BCUT2D eigenvalue weighted by Gasteiger charge is 2.22. The first-order chi connectivity index (χ1) is 19.0. The number of amides is 1. The van der Waals surface area contributed by atoms with Crippen molar-refractivity contribution in [2.24, 2.45) is 0 Å². The van der Waals surface area contributed by atoms with Crippen molar-refractivity contribution in [2.45, 2.75) is 25.4 Å². The van der Waals surface area contributed by atoms with Gasteiger partial charge in [0.2, 0.25) is 0 Å². The molecule has 4 aromatic rings. The second-order valence-corrected chi connectivity index (χ2v) is 9.23. The maximum atomic E-state index is 13.6. The number of carbonyl (C=O) groups excluding carboxylic acids is 1. The van der Waals surface area contributed by atoms with Crippen LogP contribution in [0.25, 0.3) is 16.9 Å². The van der Waals surface area contributed by atoms with Crippen molar-refractivity contribution in [3.05, 3.63) is 83.1 Å². The van der Waals surface area contributed by atoms with Crippen molar-refractivity contribution in [3.63, 3.8) is 0 Å². The van der Waals surface area contributed by atoms with E-state index in [-0.39, 0.29) is 36.2 Å². The third kappa shape index (κ3) is 5.37. The highest BCUT2D eigenvalue weighted by atomic mass is 16.5. The molecule has 1 aliphatic rings. The number of nitrogen functional groups attached to an aromatic ring is 1. The molecule has 0 bridgehead atoms. The highest BCUT2D eigenvalue weighted by Crippen LogP contribution is 2.25. The Bertz CT molecular complexity index is 1610. The van der Waals surface area contributed by atoms with Crippen molar-refractivity contribution >= 4 is 22.9 Å². The Balaban J connectivity index is 1.40. The predicted octanol–water partition coefficient (Wildman–Crippen LogP) is 2.62. The van der Waals surface area contributed by atoms with Crippen LogP contribution in [0.1, 0.15) is 12.8 Å². The van der Waals surface area contributed by atoms with Gasteiger partial charge in [0, 0.05) is 26.2 Å². The van der Waals surface area contributed by atoms with E-state index in [2.05, 4.69) is 15.3 Å². The van der Waals surface area contributed by atoms with Crippen LogP contribution in [-0.4, -0.2) is 56.1 Å². The lowest BCUT2D eigenvalue weighted by molar-refractivity contribution is -0.125. The van der Waals surface area contributed by atoms with Gasteiger partial charge in [0.05, 0.1) is 5.69 Å². The number of rotatable bonds is 8. The molecule has 11 heteroatoms. The number of fused-ring (bicyclic) bond motifs is 1. The molecule has 39 heavy (non-hydrogen) atoms. The zero-order chi connectivity index (χ0) is 27.4. The average Bonchev–Trinajstić information content (AvgIpc) is 3.57. The molecular weight excluding hydrogens is 496 g/mol. The molecule has 198 valence electrons. The van der Waals surface area contributed by atoms with Crippen molar-refractivity contribution in [2.75, 3.05) is 25.9 Å². The van der Waals surface area contributed by atoms with Gasteiger partial charge in [0.15, 0.2) is 11.5 Å². The minimum atomic E-state index is -0.397. The topological polar surface area (TPSA) is 144 Å². The van der Waals surface area contributed by atoms with Crippen LogP contribution < -0.4 is 21.5 Å². The van der Waals surface area contributed by atoms with Gasteiger partial charge >= 0.3 is 5.69 Å². The van der Waals surface area contributed by atoms with Gasteiger partial charge in [-0.2, -0.15) is 5.26 Å². The predicted molar refractivity (Wildman–Crippen MR) is 146 cm³/mol. The molecule has 3 heterocycles. The van der Waals surface area contributed by atoms with Gasteiger partial charge in [0.25, 0.3) is 5.91 Å². The number of nitriles is 1. The Kier molecular flexibility index (Phi) is 7.38. The molecule has 5 rings (SSSR count). The zero-order valence-corrected chi connectivity index (χ0v) is 21.4. The molecule has 0 saturated carbocycles. The second kappa shape index (κ2) is 11.2. The number of nitrogens with zero attached hydrogens (tertiary/aromatic N) is 6. The molecule has 1 aliphatic heterocycles. The molecule has 2 aromatic heterocycles. The van der Waals surface area contributed by atoms with Gasteiger partial charge < -0.3 is 20.7 Å². The molecule has 1 atom stereocenters. The zero-order valence-electron chi connectivity index (χ0n) is 21.4. The fourth-order valence-corrected chi connectivity index (χ4v) is 4.60. The summed E-state index contributed by atoms with van der Waals surface area (Å²) < 4.78 is 8.77. The van der Waals surface area contributed by atoms with E-state index in [1.807, 2.05) is 36.4 Å². The Labute approximate surface area is 224 Å². The van der Waals surface area contributed by atoms with E-state index in [0.29, 0.717) is 28.4 Å². The van der Waals surface area contributed by atoms with Gasteiger partial charge in [-0.25, -0.2) is 14.8 Å². The lowest BCUT2D eigenvalue weighted by atomic mass is 10.1.